The number of aliphatic imine (C=N–C) groups is 1. The van der Waals surface area contributed by atoms with E-state index in [1.54, 1.807) is 32.9 Å². The number of amides is 1. The maximum Gasteiger partial charge on any atom is 0.416 e. The minimum atomic E-state index is -0.609. The Labute approximate surface area is 128 Å². The van der Waals surface area contributed by atoms with Gasteiger partial charge in [-0.3, -0.25) is 20.0 Å². The number of hydrogen-bond acceptors (Lipinski definition) is 5. The third kappa shape index (κ3) is 3.81. The van der Waals surface area contributed by atoms with Gasteiger partial charge in [-0.15, -0.1) is 0 Å². The SMILES string of the molecule is CC(C)(C)OC(=O)N1CCCN=C1c1cccc([N+](=O)[O-])c1. The highest BCUT2D eigenvalue weighted by Gasteiger charge is 2.28. The molecule has 1 aromatic carbocycles. The number of amidine groups is 1. The second-order valence-corrected chi connectivity index (χ2v) is 6.00. The molecule has 0 spiro atoms. The Kier molecular flexibility index (Phi) is 4.44. The van der Waals surface area contributed by atoms with Crippen LogP contribution in [0.4, 0.5) is 10.5 Å². The van der Waals surface area contributed by atoms with Crippen molar-refractivity contribution in [3.05, 3.63) is 39.9 Å². The molecule has 118 valence electrons. The second kappa shape index (κ2) is 6.13. The Bertz CT molecular complexity index is 619. The highest BCUT2D eigenvalue weighted by Crippen LogP contribution is 2.19. The number of nitro benzene ring substituents is 1. The van der Waals surface area contributed by atoms with E-state index < -0.39 is 16.6 Å². The van der Waals surface area contributed by atoms with Crippen LogP contribution < -0.4 is 0 Å². The lowest BCUT2D eigenvalue weighted by Crippen LogP contribution is -2.44. The fraction of sp³-hybridized carbons (Fsp3) is 0.467. The first-order valence-electron chi connectivity index (χ1n) is 7.08. The Hall–Kier alpha value is -2.44. The predicted molar refractivity (Wildman–Crippen MR) is 82.1 cm³/mol. The zero-order valence-corrected chi connectivity index (χ0v) is 12.9. The highest BCUT2D eigenvalue weighted by atomic mass is 16.6. The van der Waals surface area contributed by atoms with Crippen LogP contribution in [0.3, 0.4) is 0 Å². The summed E-state index contributed by atoms with van der Waals surface area (Å²) < 4.78 is 5.38. The number of ether oxygens (including phenoxy) is 1. The van der Waals surface area contributed by atoms with Crippen molar-refractivity contribution in [2.45, 2.75) is 32.8 Å². The van der Waals surface area contributed by atoms with Crippen LogP contribution in [0.2, 0.25) is 0 Å². The molecule has 0 aromatic heterocycles. The number of carbonyl (C=O) groups is 1. The maximum atomic E-state index is 12.3. The first kappa shape index (κ1) is 15.9. The second-order valence-electron chi connectivity index (χ2n) is 6.00. The number of nitrogens with zero attached hydrogens (tertiary/aromatic N) is 3. The third-order valence-corrected chi connectivity index (χ3v) is 2.99. The van der Waals surface area contributed by atoms with E-state index in [0.29, 0.717) is 24.5 Å². The van der Waals surface area contributed by atoms with Gasteiger partial charge < -0.3 is 4.74 Å². The van der Waals surface area contributed by atoms with Gasteiger partial charge in [-0.2, -0.15) is 0 Å². The van der Waals surface area contributed by atoms with Gasteiger partial charge in [0, 0.05) is 30.8 Å². The van der Waals surface area contributed by atoms with Gasteiger partial charge in [-0.05, 0) is 27.2 Å². The average Bonchev–Trinajstić information content (AvgIpc) is 2.45. The molecule has 0 unspecified atom stereocenters. The lowest BCUT2D eigenvalue weighted by atomic mass is 10.1. The van der Waals surface area contributed by atoms with Crippen LogP contribution in [0.15, 0.2) is 29.3 Å². The number of rotatable bonds is 2. The van der Waals surface area contributed by atoms with Gasteiger partial charge in [-0.25, -0.2) is 4.79 Å². The van der Waals surface area contributed by atoms with Gasteiger partial charge in [0.15, 0.2) is 0 Å². The van der Waals surface area contributed by atoms with Crippen molar-refractivity contribution < 1.29 is 14.5 Å². The topological polar surface area (TPSA) is 85.0 Å². The quantitative estimate of drug-likeness (QED) is 0.621. The Balaban J connectivity index is 2.31. The zero-order valence-electron chi connectivity index (χ0n) is 12.9. The number of benzene rings is 1. The van der Waals surface area contributed by atoms with E-state index in [9.17, 15) is 14.9 Å². The lowest BCUT2D eigenvalue weighted by Gasteiger charge is -2.30. The van der Waals surface area contributed by atoms with E-state index in [1.165, 1.54) is 17.0 Å². The van der Waals surface area contributed by atoms with E-state index in [-0.39, 0.29) is 5.69 Å². The van der Waals surface area contributed by atoms with E-state index in [4.69, 9.17) is 4.74 Å². The molecule has 7 heteroatoms. The maximum absolute atomic E-state index is 12.3. The molecule has 0 saturated heterocycles. The van der Waals surface area contributed by atoms with Crippen molar-refractivity contribution in [3.8, 4) is 0 Å². The van der Waals surface area contributed by atoms with Gasteiger partial charge in [-0.1, -0.05) is 12.1 Å². The summed E-state index contributed by atoms with van der Waals surface area (Å²) in [5.74, 6) is 0.421. The summed E-state index contributed by atoms with van der Waals surface area (Å²) in [5, 5.41) is 10.9. The normalized spacial score (nSPS) is 15.2. The first-order valence-corrected chi connectivity index (χ1v) is 7.08. The Morgan fingerprint density at radius 3 is 2.77 bits per heavy atom. The molecular formula is C15H19N3O4. The molecule has 1 aliphatic heterocycles. The van der Waals surface area contributed by atoms with E-state index in [2.05, 4.69) is 4.99 Å². The van der Waals surface area contributed by atoms with Gasteiger partial charge in [0.2, 0.25) is 0 Å². The summed E-state index contributed by atoms with van der Waals surface area (Å²) in [6.07, 6.45) is 0.245. The zero-order chi connectivity index (χ0) is 16.3. The van der Waals surface area contributed by atoms with Crippen molar-refractivity contribution >= 4 is 17.6 Å². The van der Waals surface area contributed by atoms with E-state index >= 15 is 0 Å². The first-order chi connectivity index (χ1) is 10.3. The summed E-state index contributed by atoms with van der Waals surface area (Å²) in [6.45, 7) is 6.44. The summed E-state index contributed by atoms with van der Waals surface area (Å²) in [4.78, 5) is 28.5. The molecule has 0 bridgehead atoms. The Morgan fingerprint density at radius 2 is 2.14 bits per heavy atom. The number of hydrogen-bond donors (Lipinski definition) is 0. The molecule has 0 atom stereocenters. The van der Waals surface area contributed by atoms with Gasteiger partial charge in [0.1, 0.15) is 11.4 Å². The van der Waals surface area contributed by atoms with E-state index in [1.807, 2.05) is 0 Å². The van der Waals surface area contributed by atoms with Crippen LogP contribution in [0.1, 0.15) is 32.8 Å². The van der Waals surface area contributed by atoms with Gasteiger partial charge >= 0.3 is 6.09 Å². The highest BCUT2D eigenvalue weighted by molar-refractivity contribution is 6.07. The van der Waals surface area contributed by atoms with Crippen LogP contribution in [0.5, 0.6) is 0 Å². The van der Waals surface area contributed by atoms with Gasteiger partial charge in [0.05, 0.1) is 4.92 Å². The monoisotopic (exact) mass is 305 g/mol. The molecule has 1 amide bonds. The molecule has 1 heterocycles. The van der Waals surface area contributed by atoms with Crippen LogP contribution in [0.25, 0.3) is 0 Å². The molecule has 2 rings (SSSR count). The van der Waals surface area contributed by atoms with Crippen LogP contribution in [0, 0.1) is 10.1 Å². The van der Waals surface area contributed by atoms with Crippen LogP contribution >= 0.6 is 0 Å². The lowest BCUT2D eigenvalue weighted by molar-refractivity contribution is -0.384. The largest absolute Gasteiger partial charge is 0.443 e. The number of non-ortho nitro benzene ring substituents is 1. The number of nitro groups is 1. The minimum Gasteiger partial charge on any atom is -0.443 e. The Morgan fingerprint density at radius 1 is 1.41 bits per heavy atom. The third-order valence-electron chi connectivity index (χ3n) is 2.99. The molecule has 7 nitrogen and oxygen atoms in total. The molecule has 0 aliphatic carbocycles. The number of carbonyl (C=O) groups excluding carboxylic acids is 1. The van der Waals surface area contributed by atoms with Crippen LogP contribution in [-0.2, 0) is 4.74 Å². The molecule has 1 aliphatic rings. The minimum absolute atomic E-state index is 0.0325. The summed E-state index contributed by atoms with van der Waals surface area (Å²) >= 11 is 0. The van der Waals surface area contributed by atoms with Crippen molar-refractivity contribution in [2.75, 3.05) is 13.1 Å². The summed E-state index contributed by atoms with van der Waals surface area (Å²) in [7, 11) is 0. The molecule has 1 aromatic rings. The molecule has 0 radical (unpaired) electrons. The fourth-order valence-electron chi connectivity index (χ4n) is 2.11. The molecular weight excluding hydrogens is 286 g/mol. The fourth-order valence-corrected chi connectivity index (χ4v) is 2.11. The standard InChI is InChI=1S/C15H19N3O4/c1-15(2,3)22-14(19)17-9-5-8-16-13(17)11-6-4-7-12(10-11)18(20)21/h4,6-7,10H,5,8-9H2,1-3H3. The van der Waals surface area contributed by atoms with Crippen molar-refractivity contribution in [2.24, 2.45) is 4.99 Å². The van der Waals surface area contributed by atoms with Crippen molar-refractivity contribution in [1.29, 1.82) is 0 Å². The molecule has 0 saturated carbocycles. The van der Waals surface area contributed by atoms with Crippen LogP contribution in [-0.4, -0.2) is 40.4 Å². The van der Waals surface area contributed by atoms with E-state index in [0.717, 1.165) is 6.42 Å². The summed E-state index contributed by atoms with van der Waals surface area (Å²) in [5.41, 5.74) is -0.0998. The molecule has 22 heavy (non-hydrogen) atoms. The summed E-state index contributed by atoms with van der Waals surface area (Å²) in [6, 6.07) is 6.11. The van der Waals surface area contributed by atoms with Crippen molar-refractivity contribution in [3.63, 3.8) is 0 Å². The average molecular weight is 305 g/mol. The predicted octanol–water partition coefficient (Wildman–Crippen LogP) is 2.98. The van der Waals surface area contributed by atoms with Crippen molar-refractivity contribution in [1.82, 2.24) is 4.90 Å². The molecule has 0 fully saturated rings. The smallest absolute Gasteiger partial charge is 0.416 e. The molecule has 0 N–H and O–H groups in total. The van der Waals surface area contributed by atoms with Gasteiger partial charge in [0.25, 0.3) is 5.69 Å².